The van der Waals surface area contributed by atoms with E-state index in [0.717, 1.165) is 6.42 Å². The number of aromatic nitrogens is 1. The van der Waals surface area contributed by atoms with Gasteiger partial charge in [0.25, 0.3) is 0 Å². The van der Waals surface area contributed by atoms with E-state index in [0.29, 0.717) is 5.25 Å². The molecule has 1 saturated carbocycles. The summed E-state index contributed by atoms with van der Waals surface area (Å²) in [5.41, 5.74) is 0. The highest BCUT2D eigenvalue weighted by atomic mass is 32.2. The van der Waals surface area contributed by atoms with Crippen LogP contribution in [0.2, 0.25) is 0 Å². The third-order valence-electron chi connectivity index (χ3n) is 3.06. The number of pyridine rings is 1. The first-order valence-electron chi connectivity index (χ1n) is 5.86. The molecule has 16 heavy (non-hydrogen) atoms. The SMILES string of the molecule is N#CC1CCCCCC1Sc1ccncc1. The Morgan fingerprint density at radius 3 is 2.69 bits per heavy atom. The number of hydrogen-bond acceptors (Lipinski definition) is 3. The first kappa shape index (κ1) is 11.5. The van der Waals surface area contributed by atoms with Crippen LogP contribution in [0.4, 0.5) is 0 Å². The molecule has 0 N–H and O–H groups in total. The van der Waals surface area contributed by atoms with E-state index in [1.807, 2.05) is 36.3 Å². The van der Waals surface area contributed by atoms with Crippen LogP contribution >= 0.6 is 11.8 Å². The van der Waals surface area contributed by atoms with Crippen molar-refractivity contribution in [2.45, 2.75) is 42.2 Å². The second-order valence-corrected chi connectivity index (χ2v) is 5.53. The van der Waals surface area contributed by atoms with E-state index in [1.165, 1.54) is 30.6 Å². The Morgan fingerprint density at radius 1 is 1.19 bits per heavy atom. The lowest BCUT2D eigenvalue weighted by Gasteiger charge is -2.18. The van der Waals surface area contributed by atoms with Crippen molar-refractivity contribution in [1.82, 2.24) is 4.98 Å². The maximum Gasteiger partial charge on any atom is 0.0667 e. The highest BCUT2D eigenvalue weighted by Gasteiger charge is 2.24. The fraction of sp³-hybridized carbons (Fsp3) is 0.538. The molecule has 0 spiro atoms. The summed E-state index contributed by atoms with van der Waals surface area (Å²) in [4.78, 5) is 5.26. The van der Waals surface area contributed by atoms with Crippen molar-refractivity contribution >= 4 is 11.8 Å². The number of thioether (sulfide) groups is 1. The van der Waals surface area contributed by atoms with E-state index in [4.69, 9.17) is 0 Å². The number of nitriles is 1. The van der Waals surface area contributed by atoms with Gasteiger partial charge < -0.3 is 0 Å². The highest BCUT2D eigenvalue weighted by Crippen LogP contribution is 2.35. The van der Waals surface area contributed by atoms with Crippen LogP contribution in [-0.4, -0.2) is 10.2 Å². The van der Waals surface area contributed by atoms with Gasteiger partial charge in [-0.3, -0.25) is 4.98 Å². The normalized spacial score (nSPS) is 25.7. The molecular weight excluding hydrogens is 216 g/mol. The molecule has 1 heterocycles. The molecule has 2 rings (SSSR count). The molecule has 1 aliphatic rings. The van der Waals surface area contributed by atoms with Crippen molar-refractivity contribution in [1.29, 1.82) is 5.26 Å². The molecule has 0 aromatic carbocycles. The van der Waals surface area contributed by atoms with Gasteiger partial charge in [0.2, 0.25) is 0 Å². The van der Waals surface area contributed by atoms with Crippen LogP contribution in [0.15, 0.2) is 29.4 Å². The smallest absolute Gasteiger partial charge is 0.0667 e. The van der Waals surface area contributed by atoms with Crippen molar-refractivity contribution in [3.05, 3.63) is 24.5 Å². The first-order valence-corrected chi connectivity index (χ1v) is 6.74. The maximum atomic E-state index is 9.19. The van der Waals surface area contributed by atoms with E-state index in [1.54, 1.807) is 0 Å². The topological polar surface area (TPSA) is 36.7 Å². The van der Waals surface area contributed by atoms with Gasteiger partial charge in [-0.15, -0.1) is 11.8 Å². The summed E-state index contributed by atoms with van der Waals surface area (Å²) >= 11 is 1.85. The molecule has 0 saturated heterocycles. The van der Waals surface area contributed by atoms with Crippen LogP contribution in [0.1, 0.15) is 32.1 Å². The lowest BCUT2D eigenvalue weighted by molar-refractivity contribution is 0.585. The van der Waals surface area contributed by atoms with Gasteiger partial charge in [-0.05, 0) is 25.0 Å². The zero-order valence-electron chi connectivity index (χ0n) is 9.30. The van der Waals surface area contributed by atoms with Crippen molar-refractivity contribution in [3.8, 4) is 6.07 Å². The molecule has 1 fully saturated rings. The molecule has 2 atom stereocenters. The number of rotatable bonds is 2. The Balaban J connectivity index is 2.04. The number of hydrogen-bond donors (Lipinski definition) is 0. The van der Waals surface area contributed by atoms with Crippen LogP contribution in [-0.2, 0) is 0 Å². The second kappa shape index (κ2) is 5.91. The van der Waals surface area contributed by atoms with Crippen LogP contribution in [0.3, 0.4) is 0 Å². The van der Waals surface area contributed by atoms with Crippen molar-refractivity contribution in [2.75, 3.05) is 0 Å². The summed E-state index contributed by atoms with van der Waals surface area (Å²) in [5.74, 6) is 0.223. The summed E-state index contributed by atoms with van der Waals surface area (Å²) in [5, 5.41) is 9.66. The van der Waals surface area contributed by atoms with Gasteiger partial charge in [-0.2, -0.15) is 5.26 Å². The zero-order valence-corrected chi connectivity index (χ0v) is 10.1. The van der Waals surface area contributed by atoms with Crippen LogP contribution < -0.4 is 0 Å². The minimum Gasteiger partial charge on any atom is -0.265 e. The average Bonchev–Trinajstić information content (AvgIpc) is 2.55. The maximum absolute atomic E-state index is 9.19. The van der Waals surface area contributed by atoms with Crippen LogP contribution in [0.25, 0.3) is 0 Å². The van der Waals surface area contributed by atoms with Gasteiger partial charge in [-0.1, -0.05) is 19.3 Å². The molecule has 0 radical (unpaired) electrons. The van der Waals surface area contributed by atoms with Crippen molar-refractivity contribution in [3.63, 3.8) is 0 Å². The fourth-order valence-corrected chi connectivity index (χ4v) is 3.43. The number of nitrogens with zero attached hydrogens (tertiary/aromatic N) is 2. The Hall–Kier alpha value is -1.01. The van der Waals surface area contributed by atoms with Gasteiger partial charge in [0, 0.05) is 22.5 Å². The monoisotopic (exact) mass is 232 g/mol. The molecule has 1 aliphatic carbocycles. The highest BCUT2D eigenvalue weighted by molar-refractivity contribution is 8.00. The van der Waals surface area contributed by atoms with E-state index in [-0.39, 0.29) is 5.92 Å². The third-order valence-corrected chi connectivity index (χ3v) is 4.47. The summed E-state index contributed by atoms with van der Waals surface area (Å²) in [7, 11) is 0. The van der Waals surface area contributed by atoms with Gasteiger partial charge in [0.05, 0.1) is 12.0 Å². The molecule has 0 aliphatic heterocycles. The molecule has 2 unspecified atom stereocenters. The summed E-state index contributed by atoms with van der Waals surface area (Å²) in [6.45, 7) is 0. The van der Waals surface area contributed by atoms with E-state index in [9.17, 15) is 5.26 Å². The van der Waals surface area contributed by atoms with E-state index in [2.05, 4.69) is 11.1 Å². The second-order valence-electron chi connectivity index (χ2n) is 4.21. The quantitative estimate of drug-likeness (QED) is 0.730. The standard InChI is InChI=1S/C13H16N2S/c14-10-11-4-2-1-3-5-13(11)16-12-6-8-15-9-7-12/h6-9,11,13H,1-5H2. The van der Waals surface area contributed by atoms with Gasteiger partial charge in [0.1, 0.15) is 0 Å². The van der Waals surface area contributed by atoms with E-state index >= 15 is 0 Å². The largest absolute Gasteiger partial charge is 0.265 e. The molecular formula is C13H16N2S. The van der Waals surface area contributed by atoms with Gasteiger partial charge in [0.15, 0.2) is 0 Å². The summed E-state index contributed by atoms with van der Waals surface area (Å²) in [6.07, 6.45) is 9.64. The molecule has 0 amide bonds. The van der Waals surface area contributed by atoms with Gasteiger partial charge in [-0.25, -0.2) is 0 Å². The Bertz CT molecular complexity index is 358. The van der Waals surface area contributed by atoms with Gasteiger partial charge >= 0.3 is 0 Å². The zero-order chi connectivity index (χ0) is 11.2. The van der Waals surface area contributed by atoms with Crippen LogP contribution in [0.5, 0.6) is 0 Å². The van der Waals surface area contributed by atoms with Crippen LogP contribution in [0, 0.1) is 17.2 Å². The average molecular weight is 232 g/mol. The minimum absolute atomic E-state index is 0.223. The lowest BCUT2D eigenvalue weighted by atomic mass is 10.0. The molecule has 84 valence electrons. The third kappa shape index (κ3) is 2.99. The summed E-state index contributed by atoms with van der Waals surface area (Å²) in [6, 6.07) is 6.54. The lowest BCUT2D eigenvalue weighted by Crippen LogP contribution is -2.13. The van der Waals surface area contributed by atoms with Crippen molar-refractivity contribution < 1.29 is 0 Å². The molecule has 2 nitrogen and oxygen atoms in total. The Labute approximate surface area is 101 Å². The molecule has 0 bridgehead atoms. The first-order chi connectivity index (χ1) is 7.90. The molecule has 3 heteroatoms. The predicted molar refractivity (Wildman–Crippen MR) is 66.1 cm³/mol. The minimum atomic E-state index is 0.223. The predicted octanol–water partition coefficient (Wildman–Crippen LogP) is 3.65. The summed E-state index contributed by atoms with van der Waals surface area (Å²) < 4.78 is 0. The Kier molecular flexibility index (Phi) is 4.24. The Morgan fingerprint density at radius 2 is 1.94 bits per heavy atom. The van der Waals surface area contributed by atoms with Crippen molar-refractivity contribution in [2.24, 2.45) is 5.92 Å². The van der Waals surface area contributed by atoms with E-state index < -0.39 is 0 Å². The molecule has 1 aromatic rings. The molecule has 1 aromatic heterocycles. The fourth-order valence-electron chi connectivity index (χ4n) is 2.15.